The quantitative estimate of drug-likeness (QED) is 0.773. The van der Waals surface area contributed by atoms with Crippen LogP contribution < -0.4 is 0 Å². The van der Waals surface area contributed by atoms with E-state index in [1.54, 1.807) is 24.3 Å². The van der Waals surface area contributed by atoms with Crippen LogP contribution in [0.1, 0.15) is 35.3 Å². The number of carboxylic acid groups (broad SMARTS) is 1. The van der Waals surface area contributed by atoms with Crippen molar-refractivity contribution in [1.82, 2.24) is 4.31 Å². The summed E-state index contributed by atoms with van der Waals surface area (Å²) in [5.41, 5.74) is 1.13. The number of sulfonamides is 1. The zero-order chi connectivity index (χ0) is 19.4. The lowest BCUT2D eigenvalue weighted by molar-refractivity contribution is -0.130. The van der Waals surface area contributed by atoms with Crippen LogP contribution in [0.4, 0.5) is 0 Å². The van der Waals surface area contributed by atoms with E-state index >= 15 is 0 Å². The van der Waals surface area contributed by atoms with Crippen molar-refractivity contribution in [3.63, 3.8) is 0 Å². The predicted octanol–water partition coefficient (Wildman–Crippen LogP) is 3.42. The molecule has 0 bridgehead atoms. The number of nitrogens with zero attached hydrogens (tertiary/aromatic N) is 2. The monoisotopic (exact) mass is 402 g/mol. The van der Waals surface area contributed by atoms with E-state index in [0.29, 0.717) is 29.1 Å². The number of hydrogen-bond donors (Lipinski definition) is 1. The molecule has 0 spiro atoms. The summed E-state index contributed by atoms with van der Waals surface area (Å²) in [6.45, 7) is 1.00. The highest BCUT2D eigenvalue weighted by molar-refractivity contribution is 7.91. The van der Waals surface area contributed by atoms with Crippen molar-refractivity contribution in [3.8, 4) is 6.07 Å². The highest BCUT2D eigenvalue weighted by Crippen LogP contribution is 2.32. The Kier molecular flexibility index (Phi) is 5.75. The van der Waals surface area contributed by atoms with Gasteiger partial charge in [-0.1, -0.05) is 18.6 Å². The number of hydrogen-bond acceptors (Lipinski definition) is 5. The number of carboxylic acids is 1. The van der Waals surface area contributed by atoms with Crippen molar-refractivity contribution >= 4 is 39.0 Å². The molecule has 0 radical (unpaired) electrons. The molecule has 1 saturated heterocycles. The molecule has 0 amide bonds. The summed E-state index contributed by atoms with van der Waals surface area (Å²) in [4.78, 5) is 12.1. The van der Waals surface area contributed by atoms with Crippen LogP contribution in [0, 0.1) is 11.3 Å². The first-order chi connectivity index (χ1) is 12.9. The lowest BCUT2D eigenvalue weighted by atomic mass is 10.1. The predicted molar refractivity (Wildman–Crippen MR) is 104 cm³/mol. The Hall–Kier alpha value is -2.47. The van der Waals surface area contributed by atoms with Crippen LogP contribution in [0.25, 0.3) is 11.6 Å². The van der Waals surface area contributed by atoms with E-state index in [-0.39, 0.29) is 9.78 Å². The molecule has 2 aromatic rings. The molecule has 0 saturated carbocycles. The van der Waals surface area contributed by atoms with Gasteiger partial charge in [0, 0.05) is 18.0 Å². The van der Waals surface area contributed by atoms with E-state index in [1.807, 2.05) is 6.07 Å². The molecule has 8 heteroatoms. The first-order valence-corrected chi connectivity index (χ1v) is 10.7. The van der Waals surface area contributed by atoms with Crippen LogP contribution in [-0.4, -0.2) is 36.9 Å². The number of piperidine rings is 1. The zero-order valence-corrected chi connectivity index (χ0v) is 16.1. The van der Waals surface area contributed by atoms with Gasteiger partial charge in [-0.3, -0.25) is 0 Å². The van der Waals surface area contributed by atoms with Crippen molar-refractivity contribution in [2.24, 2.45) is 0 Å². The summed E-state index contributed by atoms with van der Waals surface area (Å²) in [6, 6.07) is 11.5. The van der Waals surface area contributed by atoms with Gasteiger partial charge in [0.2, 0.25) is 0 Å². The molecule has 1 aromatic carbocycles. The smallest absolute Gasteiger partial charge is 0.337 e. The third-order valence-corrected chi connectivity index (χ3v) is 7.82. The molecule has 1 fully saturated rings. The van der Waals surface area contributed by atoms with E-state index in [1.165, 1.54) is 22.5 Å². The highest BCUT2D eigenvalue weighted by atomic mass is 32.2. The number of benzene rings is 1. The summed E-state index contributed by atoms with van der Waals surface area (Å²) in [6.07, 6.45) is 4.19. The molecular weight excluding hydrogens is 384 g/mol. The van der Waals surface area contributed by atoms with Crippen molar-refractivity contribution < 1.29 is 18.3 Å². The molecule has 0 atom stereocenters. The topological polar surface area (TPSA) is 98.5 Å². The largest absolute Gasteiger partial charge is 0.478 e. The van der Waals surface area contributed by atoms with Gasteiger partial charge < -0.3 is 5.11 Å². The summed E-state index contributed by atoms with van der Waals surface area (Å²) in [5, 5.41) is 18.4. The molecule has 1 aliphatic heterocycles. The van der Waals surface area contributed by atoms with Gasteiger partial charge in [-0.15, -0.1) is 11.3 Å². The summed E-state index contributed by atoms with van der Waals surface area (Å²) < 4.78 is 27.1. The summed E-state index contributed by atoms with van der Waals surface area (Å²) in [7, 11) is -3.59. The van der Waals surface area contributed by atoms with Crippen molar-refractivity contribution in [1.29, 1.82) is 5.26 Å². The molecule has 6 nitrogen and oxygen atoms in total. The Morgan fingerprint density at radius 2 is 1.78 bits per heavy atom. The summed E-state index contributed by atoms with van der Waals surface area (Å²) >= 11 is 0.966. The Labute approximate surface area is 162 Å². The number of nitriles is 1. The third kappa shape index (κ3) is 4.27. The molecule has 1 aliphatic rings. The zero-order valence-electron chi connectivity index (χ0n) is 14.5. The fourth-order valence-electron chi connectivity index (χ4n) is 2.89. The third-order valence-electron chi connectivity index (χ3n) is 4.34. The first kappa shape index (κ1) is 19.3. The lowest BCUT2D eigenvalue weighted by Gasteiger charge is -2.25. The number of aliphatic carboxylic acids is 1. The molecule has 0 aliphatic carbocycles. The van der Waals surface area contributed by atoms with Crippen molar-refractivity contribution in [2.45, 2.75) is 23.5 Å². The molecule has 27 heavy (non-hydrogen) atoms. The second kappa shape index (κ2) is 8.05. The van der Waals surface area contributed by atoms with Crippen LogP contribution >= 0.6 is 11.3 Å². The normalized spacial score (nSPS) is 16.0. The minimum absolute atomic E-state index is 0.0183. The molecule has 1 N–H and O–H groups in total. The van der Waals surface area contributed by atoms with Gasteiger partial charge in [0.1, 0.15) is 4.21 Å². The standard InChI is InChI=1S/C19H18N2O4S2/c20-13-15-6-4-14(5-7-15)12-16(19(22)23)17-8-9-18(26-17)27(24,25)21-10-2-1-3-11-21/h4-9,12H,1-3,10-11H2,(H,22,23)/b16-12-. The number of carbonyl (C=O) groups is 1. The van der Waals surface area contributed by atoms with Gasteiger partial charge in [0.25, 0.3) is 10.0 Å². The van der Waals surface area contributed by atoms with Crippen LogP contribution in [0.5, 0.6) is 0 Å². The molecule has 140 valence electrons. The van der Waals surface area contributed by atoms with Gasteiger partial charge in [0.15, 0.2) is 0 Å². The minimum atomic E-state index is -3.59. The van der Waals surface area contributed by atoms with Crippen LogP contribution in [0.2, 0.25) is 0 Å². The molecule has 0 unspecified atom stereocenters. The second-order valence-electron chi connectivity index (χ2n) is 6.18. The second-order valence-corrected chi connectivity index (χ2v) is 9.43. The average molecular weight is 402 g/mol. The van der Waals surface area contributed by atoms with Gasteiger partial charge in [-0.25, -0.2) is 13.2 Å². The average Bonchev–Trinajstić information content (AvgIpc) is 3.17. The van der Waals surface area contributed by atoms with E-state index in [2.05, 4.69) is 0 Å². The Balaban J connectivity index is 1.92. The molecular formula is C19H18N2O4S2. The molecule has 3 rings (SSSR count). The first-order valence-electron chi connectivity index (χ1n) is 8.47. The molecule has 2 heterocycles. The van der Waals surface area contributed by atoms with E-state index in [4.69, 9.17) is 5.26 Å². The van der Waals surface area contributed by atoms with Gasteiger partial charge >= 0.3 is 5.97 Å². The lowest BCUT2D eigenvalue weighted by Crippen LogP contribution is -2.35. The Morgan fingerprint density at radius 1 is 1.11 bits per heavy atom. The Morgan fingerprint density at radius 3 is 2.37 bits per heavy atom. The maximum Gasteiger partial charge on any atom is 0.337 e. The van der Waals surface area contributed by atoms with Crippen LogP contribution in [0.3, 0.4) is 0 Å². The fourth-order valence-corrected chi connectivity index (χ4v) is 5.88. The SMILES string of the molecule is N#Cc1ccc(/C=C(\C(=O)O)c2ccc(S(=O)(=O)N3CCCCC3)s2)cc1. The van der Waals surface area contributed by atoms with E-state index < -0.39 is 16.0 Å². The number of rotatable bonds is 5. The van der Waals surface area contributed by atoms with Crippen molar-refractivity contribution in [2.75, 3.05) is 13.1 Å². The Bertz CT molecular complexity index is 1010. The number of thiophene rings is 1. The van der Waals surface area contributed by atoms with Crippen LogP contribution in [0.15, 0.2) is 40.6 Å². The van der Waals surface area contributed by atoms with Gasteiger partial charge in [0.05, 0.1) is 17.2 Å². The summed E-state index contributed by atoms with van der Waals surface area (Å²) in [5.74, 6) is -1.14. The van der Waals surface area contributed by atoms with E-state index in [0.717, 1.165) is 30.6 Å². The maximum atomic E-state index is 12.8. The van der Waals surface area contributed by atoms with Gasteiger partial charge in [-0.05, 0) is 48.7 Å². The highest BCUT2D eigenvalue weighted by Gasteiger charge is 2.28. The van der Waals surface area contributed by atoms with Crippen molar-refractivity contribution in [3.05, 3.63) is 52.4 Å². The fraction of sp³-hybridized carbons (Fsp3) is 0.263. The van der Waals surface area contributed by atoms with Crippen LogP contribution in [-0.2, 0) is 14.8 Å². The minimum Gasteiger partial charge on any atom is -0.478 e. The maximum absolute atomic E-state index is 12.8. The van der Waals surface area contributed by atoms with Gasteiger partial charge in [-0.2, -0.15) is 9.57 Å². The molecule has 1 aromatic heterocycles. The van der Waals surface area contributed by atoms with E-state index in [9.17, 15) is 18.3 Å².